The van der Waals surface area contributed by atoms with Crippen LogP contribution in [0.3, 0.4) is 0 Å². The molecule has 0 aliphatic heterocycles. The minimum atomic E-state index is -1.65. The zero-order chi connectivity index (χ0) is 13.8. The van der Waals surface area contributed by atoms with Crippen LogP contribution in [0.15, 0.2) is 59.1 Å². The Bertz CT molecular complexity index is 573. The fourth-order valence-electron chi connectivity index (χ4n) is 1.78. The number of hydrogen-bond donors (Lipinski definition) is 0. The average molecular weight is 322 g/mol. The van der Waals surface area contributed by atoms with Crippen molar-refractivity contribution in [2.24, 2.45) is 0 Å². The summed E-state index contributed by atoms with van der Waals surface area (Å²) >= 11 is 3.35. The lowest BCUT2D eigenvalue weighted by molar-refractivity contribution is -0.123. The van der Waals surface area contributed by atoms with Gasteiger partial charge in [0.25, 0.3) is 5.91 Å². The van der Waals surface area contributed by atoms with E-state index in [1.807, 2.05) is 12.1 Å². The van der Waals surface area contributed by atoms with Crippen LogP contribution in [0.4, 0.5) is 10.1 Å². The highest BCUT2D eigenvalue weighted by Crippen LogP contribution is 2.28. The van der Waals surface area contributed by atoms with Gasteiger partial charge in [-0.3, -0.25) is 4.79 Å². The Morgan fingerprint density at radius 3 is 2.32 bits per heavy atom. The first-order valence-corrected chi connectivity index (χ1v) is 6.61. The summed E-state index contributed by atoms with van der Waals surface area (Å²) in [5, 5.41) is 0. The van der Waals surface area contributed by atoms with Gasteiger partial charge < -0.3 is 4.90 Å². The Kier molecular flexibility index (Phi) is 4.32. The molecule has 0 saturated carbocycles. The maximum Gasteiger partial charge on any atom is 0.265 e. The smallest absolute Gasteiger partial charge is 0.265 e. The van der Waals surface area contributed by atoms with E-state index in [4.69, 9.17) is 0 Å². The quantitative estimate of drug-likeness (QED) is 0.832. The molecule has 0 fully saturated rings. The molecule has 1 amide bonds. The summed E-state index contributed by atoms with van der Waals surface area (Å²) in [6, 6.07) is 15.7. The van der Waals surface area contributed by atoms with Gasteiger partial charge in [0.15, 0.2) is 0 Å². The van der Waals surface area contributed by atoms with E-state index in [2.05, 4.69) is 15.9 Å². The second-order valence-electron chi connectivity index (χ2n) is 4.12. The number of amides is 1. The number of likely N-dealkylation sites (N-methyl/N-ethyl adjacent to an activating group) is 1. The van der Waals surface area contributed by atoms with Gasteiger partial charge in [0.2, 0.25) is 6.17 Å². The second-order valence-corrected chi connectivity index (χ2v) is 4.98. The van der Waals surface area contributed by atoms with Gasteiger partial charge in [0.1, 0.15) is 0 Å². The summed E-state index contributed by atoms with van der Waals surface area (Å²) in [5.41, 5.74) is 1.01. The molecule has 0 N–H and O–H groups in total. The third kappa shape index (κ3) is 3.01. The molecule has 0 aliphatic carbocycles. The molecule has 0 saturated heterocycles. The number of rotatable bonds is 3. The molecule has 0 bridgehead atoms. The number of benzene rings is 2. The number of alkyl halides is 1. The van der Waals surface area contributed by atoms with Crippen LogP contribution in [-0.4, -0.2) is 13.0 Å². The molecule has 1 atom stereocenters. The molecule has 2 aromatic rings. The summed E-state index contributed by atoms with van der Waals surface area (Å²) in [6.45, 7) is 0. The minimum Gasteiger partial charge on any atom is -0.312 e. The number of halogens is 2. The third-order valence-electron chi connectivity index (χ3n) is 2.85. The molecule has 4 heteroatoms. The van der Waals surface area contributed by atoms with E-state index in [0.29, 0.717) is 11.3 Å². The molecule has 19 heavy (non-hydrogen) atoms. The molecular weight excluding hydrogens is 309 g/mol. The van der Waals surface area contributed by atoms with Crippen molar-refractivity contribution in [3.05, 3.63) is 64.6 Å². The van der Waals surface area contributed by atoms with Gasteiger partial charge in [-0.15, -0.1) is 0 Å². The Morgan fingerprint density at radius 1 is 1.11 bits per heavy atom. The van der Waals surface area contributed by atoms with Gasteiger partial charge in [-0.05, 0) is 33.6 Å². The average Bonchev–Trinajstić information content (AvgIpc) is 2.46. The van der Waals surface area contributed by atoms with E-state index in [1.165, 1.54) is 4.90 Å². The lowest BCUT2D eigenvalue weighted by Gasteiger charge is -2.21. The molecule has 0 heterocycles. The lowest BCUT2D eigenvalue weighted by atomic mass is 10.1. The number of hydrogen-bond acceptors (Lipinski definition) is 1. The molecule has 2 aromatic carbocycles. The molecule has 0 aliphatic rings. The summed E-state index contributed by atoms with van der Waals surface area (Å²) in [4.78, 5) is 13.4. The van der Waals surface area contributed by atoms with Crippen molar-refractivity contribution >= 4 is 27.5 Å². The number of carbonyl (C=O) groups is 1. The van der Waals surface area contributed by atoms with Crippen molar-refractivity contribution in [3.63, 3.8) is 0 Å². The van der Waals surface area contributed by atoms with E-state index >= 15 is 0 Å². The largest absolute Gasteiger partial charge is 0.312 e. The van der Waals surface area contributed by atoms with E-state index in [0.717, 1.165) is 4.47 Å². The monoisotopic (exact) mass is 321 g/mol. The van der Waals surface area contributed by atoms with Crippen molar-refractivity contribution < 1.29 is 9.18 Å². The fraction of sp³-hybridized carbons (Fsp3) is 0.133. The first-order valence-electron chi connectivity index (χ1n) is 5.82. The molecular formula is C15H13BrFNO. The molecule has 0 spiro atoms. The lowest BCUT2D eigenvalue weighted by Crippen LogP contribution is -2.30. The van der Waals surface area contributed by atoms with E-state index in [9.17, 15) is 9.18 Å². The van der Waals surface area contributed by atoms with Crippen LogP contribution in [0.2, 0.25) is 0 Å². The standard InChI is InChI=1S/C15H13BrFNO/c1-18(13-10-6-5-9-12(13)16)15(19)14(17)11-7-3-2-4-8-11/h2-10,14H,1H3. The third-order valence-corrected chi connectivity index (χ3v) is 3.52. The van der Waals surface area contributed by atoms with Crippen molar-refractivity contribution in [3.8, 4) is 0 Å². The summed E-state index contributed by atoms with van der Waals surface area (Å²) in [6.07, 6.45) is -1.65. The molecule has 98 valence electrons. The van der Waals surface area contributed by atoms with Gasteiger partial charge in [-0.2, -0.15) is 0 Å². The predicted octanol–water partition coefficient (Wildman–Crippen LogP) is 4.12. The first-order chi connectivity index (χ1) is 9.11. The van der Waals surface area contributed by atoms with Gasteiger partial charge >= 0.3 is 0 Å². The zero-order valence-electron chi connectivity index (χ0n) is 10.4. The van der Waals surface area contributed by atoms with Crippen molar-refractivity contribution in [1.82, 2.24) is 0 Å². The molecule has 0 aromatic heterocycles. The highest BCUT2D eigenvalue weighted by molar-refractivity contribution is 9.10. The van der Waals surface area contributed by atoms with Crippen LogP contribution in [-0.2, 0) is 4.79 Å². The SMILES string of the molecule is CN(C(=O)C(F)c1ccccc1)c1ccccc1Br. The van der Waals surface area contributed by atoms with Crippen LogP contribution in [0, 0.1) is 0 Å². The number of carbonyl (C=O) groups excluding carboxylic acids is 1. The Morgan fingerprint density at radius 2 is 1.68 bits per heavy atom. The van der Waals surface area contributed by atoms with Crippen LogP contribution in [0.25, 0.3) is 0 Å². The van der Waals surface area contributed by atoms with E-state index < -0.39 is 12.1 Å². The first kappa shape index (κ1) is 13.7. The van der Waals surface area contributed by atoms with Crippen molar-refractivity contribution in [2.75, 3.05) is 11.9 Å². The predicted molar refractivity (Wildman–Crippen MR) is 77.8 cm³/mol. The van der Waals surface area contributed by atoms with Crippen LogP contribution >= 0.6 is 15.9 Å². The normalized spacial score (nSPS) is 11.9. The highest BCUT2D eigenvalue weighted by atomic mass is 79.9. The van der Waals surface area contributed by atoms with Crippen molar-refractivity contribution in [1.29, 1.82) is 0 Å². The second kappa shape index (κ2) is 5.97. The maximum atomic E-state index is 14.2. The summed E-state index contributed by atoms with van der Waals surface area (Å²) in [7, 11) is 1.57. The summed E-state index contributed by atoms with van der Waals surface area (Å²) < 4.78 is 14.9. The Hall–Kier alpha value is -1.68. The van der Waals surface area contributed by atoms with Gasteiger partial charge in [-0.1, -0.05) is 42.5 Å². The molecule has 0 radical (unpaired) electrons. The molecule has 2 rings (SSSR count). The van der Waals surface area contributed by atoms with Crippen molar-refractivity contribution in [2.45, 2.75) is 6.17 Å². The minimum absolute atomic E-state index is 0.367. The molecule has 2 nitrogen and oxygen atoms in total. The zero-order valence-corrected chi connectivity index (χ0v) is 12.0. The van der Waals surface area contributed by atoms with Gasteiger partial charge in [0.05, 0.1) is 5.69 Å². The fourth-order valence-corrected chi connectivity index (χ4v) is 2.33. The Balaban J connectivity index is 2.23. The number of para-hydroxylation sites is 1. The topological polar surface area (TPSA) is 20.3 Å². The van der Waals surface area contributed by atoms with Crippen LogP contribution in [0.1, 0.15) is 11.7 Å². The van der Waals surface area contributed by atoms with Gasteiger partial charge in [-0.25, -0.2) is 4.39 Å². The van der Waals surface area contributed by atoms with E-state index in [1.54, 1.807) is 49.5 Å². The summed E-state index contributed by atoms with van der Waals surface area (Å²) in [5.74, 6) is -0.585. The highest BCUT2D eigenvalue weighted by Gasteiger charge is 2.24. The van der Waals surface area contributed by atoms with Crippen LogP contribution in [0.5, 0.6) is 0 Å². The molecule has 1 unspecified atom stereocenters. The van der Waals surface area contributed by atoms with Crippen LogP contribution < -0.4 is 4.90 Å². The Labute approximate surface area is 120 Å². The van der Waals surface area contributed by atoms with Gasteiger partial charge in [0, 0.05) is 11.5 Å². The maximum absolute atomic E-state index is 14.2. The number of nitrogens with zero attached hydrogens (tertiary/aromatic N) is 1. The van der Waals surface area contributed by atoms with E-state index in [-0.39, 0.29) is 0 Å². The number of anilines is 1.